The molecule has 2 aromatic rings. The largest absolute Gasteiger partial charge is 0.493 e. The minimum Gasteiger partial charge on any atom is -0.493 e. The number of halogens is 1. The van der Waals surface area contributed by atoms with Gasteiger partial charge >= 0.3 is 0 Å². The van der Waals surface area contributed by atoms with E-state index in [-0.39, 0.29) is 17.0 Å². The number of hydrogen-bond acceptors (Lipinski definition) is 5. The average molecular weight is 298 g/mol. The van der Waals surface area contributed by atoms with Gasteiger partial charge in [0.1, 0.15) is 23.0 Å². The fourth-order valence-electron chi connectivity index (χ4n) is 1.73. The van der Waals surface area contributed by atoms with Crippen LogP contribution in [0.5, 0.6) is 5.88 Å². The number of H-pyrrole nitrogens is 1. The molecule has 1 aromatic carbocycles. The summed E-state index contributed by atoms with van der Waals surface area (Å²) in [5, 5.41) is 9.75. The Balaban J connectivity index is 2.59. The number of benzene rings is 1. The van der Waals surface area contributed by atoms with Gasteiger partial charge in [-0.15, -0.1) is 0 Å². The number of nitrogens with zero attached hydrogens (tertiary/aromatic N) is 1. The van der Waals surface area contributed by atoms with Crippen LogP contribution in [0.1, 0.15) is 5.82 Å². The lowest BCUT2D eigenvalue weighted by Crippen LogP contribution is -2.16. The van der Waals surface area contributed by atoms with Crippen LogP contribution in [0, 0.1) is 5.82 Å². The molecule has 20 heavy (non-hydrogen) atoms. The topological polar surface area (TPSA) is 100 Å². The van der Waals surface area contributed by atoms with Crippen LogP contribution >= 0.6 is 0 Å². The van der Waals surface area contributed by atoms with Crippen molar-refractivity contribution in [3.05, 3.63) is 46.3 Å². The molecule has 2 rings (SSSR count). The predicted octanol–water partition coefficient (Wildman–Crippen LogP) is 0.826. The van der Waals surface area contributed by atoms with Gasteiger partial charge in [-0.05, 0) is 6.07 Å². The summed E-state index contributed by atoms with van der Waals surface area (Å²) in [5.41, 5.74) is -1.24. The Morgan fingerprint density at radius 2 is 2.00 bits per heavy atom. The molecule has 0 spiro atoms. The number of aromatic nitrogens is 2. The molecule has 0 saturated carbocycles. The molecule has 1 heterocycles. The second-order valence-corrected chi connectivity index (χ2v) is 6.40. The molecule has 1 aromatic heterocycles. The van der Waals surface area contributed by atoms with Gasteiger partial charge in [0.15, 0.2) is 9.84 Å². The summed E-state index contributed by atoms with van der Waals surface area (Å²) in [6.07, 6.45) is 0.967. The van der Waals surface area contributed by atoms with Crippen molar-refractivity contribution < 1.29 is 17.9 Å². The normalized spacial score (nSPS) is 11.5. The van der Waals surface area contributed by atoms with Crippen LogP contribution in [-0.4, -0.2) is 29.7 Å². The first-order valence-electron chi connectivity index (χ1n) is 5.53. The maximum atomic E-state index is 13.6. The number of aromatic hydroxyl groups is 1. The molecule has 6 nitrogen and oxygen atoms in total. The standard InChI is InChI=1S/C12H11FN2O4S/c1-20(18,19)6-9-14-11(16)10(12(17)15-9)7-4-2-3-5-8(7)13/h2-5H,6H2,1H3,(H2,14,15,16,17). The van der Waals surface area contributed by atoms with Crippen LogP contribution in [-0.2, 0) is 15.6 Å². The van der Waals surface area contributed by atoms with Crippen molar-refractivity contribution in [1.82, 2.24) is 9.97 Å². The Morgan fingerprint density at radius 3 is 2.55 bits per heavy atom. The molecule has 106 valence electrons. The first kappa shape index (κ1) is 14.2. The highest BCUT2D eigenvalue weighted by Gasteiger charge is 2.17. The maximum absolute atomic E-state index is 13.6. The van der Waals surface area contributed by atoms with E-state index in [1.165, 1.54) is 18.2 Å². The van der Waals surface area contributed by atoms with Crippen LogP contribution in [0.15, 0.2) is 29.1 Å². The van der Waals surface area contributed by atoms with Gasteiger partial charge in [0, 0.05) is 11.8 Å². The fraction of sp³-hybridized carbons (Fsp3) is 0.167. The summed E-state index contributed by atoms with van der Waals surface area (Å²) < 4.78 is 35.9. The van der Waals surface area contributed by atoms with E-state index < -0.39 is 32.8 Å². The van der Waals surface area contributed by atoms with Crippen molar-refractivity contribution in [3.8, 4) is 17.0 Å². The molecular weight excluding hydrogens is 287 g/mol. The van der Waals surface area contributed by atoms with E-state index in [9.17, 15) is 22.7 Å². The average Bonchev–Trinajstić information content (AvgIpc) is 2.28. The molecule has 8 heteroatoms. The molecule has 0 radical (unpaired) electrons. The van der Waals surface area contributed by atoms with E-state index >= 15 is 0 Å². The summed E-state index contributed by atoms with van der Waals surface area (Å²) in [6.45, 7) is 0. The Bertz CT molecular complexity index is 814. The van der Waals surface area contributed by atoms with E-state index in [1.54, 1.807) is 0 Å². The number of nitrogens with one attached hydrogen (secondary N) is 1. The number of aromatic amines is 1. The van der Waals surface area contributed by atoms with Crippen molar-refractivity contribution in [2.75, 3.05) is 6.26 Å². The minimum atomic E-state index is -3.41. The Morgan fingerprint density at radius 1 is 1.35 bits per heavy atom. The van der Waals surface area contributed by atoms with Gasteiger partial charge in [-0.1, -0.05) is 18.2 Å². The monoisotopic (exact) mass is 298 g/mol. The lowest BCUT2D eigenvalue weighted by molar-refractivity contribution is 0.450. The smallest absolute Gasteiger partial charge is 0.262 e. The molecule has 0 aliphatic carbocycles. The lowest BCUT2D eigenvalue weighted by atomic mass is 10.1. The van der Waals surface area contributed by atoms with Gasteiger partial charge < -0.3 is 10.1 Å². The van der Waals surface area contributed by atoms with Gasteiger partial charge in [-0.2, -0.15) is 4.98 Å². The third-order valence-electron chi connectivity index (χ3n) is 2.49. The first-order valence-corrected chi connectivity index (χ1v) is 7.59. The molecule has 0 atom stereocenters. The summed E-state index contributed by atoms with van der Waals surface area (Å²) in [4.78, 5) is 17.7. The Kier molecular flexibility index (Phi) is 3.58. The Labute approximate surface area is 113 Å². The highest BCUT2D eigenvalue weighted by Crippen LogP contribution is 2.25. The van der Waals surface area contributed by atoms with Crippen molar-refractivity contribution in [1.29, 1.82) is 0 Å². The van der Waals surface area contributed by atoms with Gasteiger partial charge in [-0.25, -0.2) is 12.8 Å². The summed E-state index contributed by atoms with van der Waals surface area (Å²) in [7, 11) is -3.41. The zero-order chi connectivity index (χ0) is 14.9. The van der Waals surface area contributed by atoms with E-state index in [0.717, 1.165) is 12.3 Å². The van der Waals surface area contributed by atoms with Crippen molar-refractivity contribution in [2.45, 2.75) is 5.75 Å². The van der Waals surface area contributed by atoms with Crippen molar-refractivity contribution in [2.24, 2.45) is 0 Å². The van der Waals surface area contributed by atoms with E-state index in [2.05, 4.69) is 9.97 Å². The van der Waals surface area contributed by atoms with Crippen molar-refractivity contribution in [3.63, 3.8) is 0 Å². The molecule has 0 fully saturated rings. The fourth-order valence-corrected chi connectivity index (χ4v) is 2.36. The molecule has 0 aliphatic rings. The Hall–Kier alpha value is -2.22. The lowest BCUT2D eigenvalue weighted by Gasteiger charge is -2.06. The van der Waals surface area contributed by atoms with Crippen LogP contribution < -0.4 is 5.56 Å². The molecule has 2 N–H and O–H groups in total. The number of sulfone groups is 1. The zero-order valence-corrected chi connectivity index (χ0v) is 11.2. The van der Waals surface area contributed by atoms with Crippen LogP contribution in [0.25, 0.3) is 11.1 Å². The summed E-state index contributed by atoms with van der Waals surface area (Å²) in [5.74, 6) is -2.12. The van der Waals surface area contributed by atoms with Gasteiger partial charge in [0.25, 0.3) is 5.56 Å². The maximum Gasteiger partial charge on any atom is 0.262 e. The third-order valence-corrected chi connectivity index (χ3v) is 3.29. The van der Waals surface area contributed by atoms with Gasteiger partial charge in [0.2, 0.25) is 5.88 Å². The highest BCUT2D eigenvalue weighted by molar-refractivity contribution is 7.89. The predicted molar refractivity (Wildman–Crippen MR) is 70.5 cm³/mol. The highest BCUT2D eigenvalue weighted by atomic mass is 32.2. The first-order chi connectivity index (χ1) is 9.28. The summed E-state index contributed by atoms with van der Waals surface area (Å²) >= 11 is 0. The molecule has 0 amide bonds. The SMILES string of the molecule is CS(=O)(=O)Cc1nc(O)c(-c2ccccc2F)c(=O)[nH]1. The molecular formula is C12H11FN2O4S. The number of hydrogen-bond donors (Lipinski definition) is 2. The quantitative estimate of drug-likeness (QED) is 0.874. The van der Waals surface area contributed by atoms with E-state index in [4.69, 9.17) is 0 Å². The van der Waals surface area contributed by atoms with E-state index in [1.807, 2.05) is 0 Å². The van der Waals surface area contributed by atoms with Crippen LogP contribution in [0.2, 0.25) is 0 Å². The molecule has 0 unspecified atom stereocenters. The van der Waals surface area contributed by atoms with E-state index in [0.29, 0.717) is 0 Å². The van der Waals surface area contributed by atoms with Crippen LogP contribution in [0.4, 0.5) is 4.39 Å². The van der Waals surface area contributed by atoms with Crippen molar-refractivity contribution >= 4 is 9.84 Å². The second kappa shape index (κ2) is 5.04. The number of rotatable bonds is 3. The molecule has 0 bridgehead atoms. The van der Waals surface area contributed by atoms with Gasteiger partial charge in [0.05, 0.1) is 0 Å². The summed E-state index contributed by atoms with van der Waals surface area (Å²) in [6, 6.07) is 5.40. The molecule has 0 aliphatic heterocycles. The van der Waals surface area contributed by atoms with Crippen LogP contribution in [0.3, 0.4) is 0 Å². The minimum absolute atomic E-state index is 0.107. The zero-order valence-electron chi connectivity index (χ0n) is 10.4. The third kappa shape index (κ3) is 3.02. The van der Waals surface area contributed by atoms with Gasteiger partial charge in [-0.3, -0.25) is 4.79 Å². The molecule has 0 saturated heterocycles. The second-order valence-electron chi connectivity index (χ2n) is 4.26.